The lowest BCUT2D eigenvalue weighted by molar-refractivity contribution is -0.166. The monoisotopic (exact) mass is 507 g/mol. The van der Waals surface area contributed by atoms with Crippen molar-refractivity contribution in [2.24, 2.45) is 29.1 Å². The maximum Gasteiger partial charge on any atom is 0.303 e. The van der Waals surface area contributed by atoms with Crippen LogP contribution in [0.25, 0.3) is 0 Å². The van der Waals surface area contributed by atoms with Crippen molar-refractivity contribution in [2.45, 2.75) is 70.8 Å². The molecule has 1 heterocycles. The number of rotatable bonds is 4. The largest absolute Gasteiger partial charge is 0.457 e. The summed E-state index contributed by atoms with van der Waals surface area (Å²) in [4.78, 5) is 26.7. The standard InChI is InChI=1S/C31H41NO5/c1-19-11-10-14-24-28(34)21(3)20(2)27-25(17-23-12-8-7-9-13-23)32-29(35)31(24,27)26(37-22(4)33)15-16-30(5,18-19)36-6/h7-10,12-16,19-20,24-28,34H,3,11,17-18H2,1-2,4-6H3,(H,32,35)/b14-10+,16-15+/t19-,20+,24-,25-,26+,27-,28+,30-,31+/m0/s1. The van der Waals surface area contributed by atoms with Gasteiger partial charge in [-0.15, -0.1) is 0 Å². The maximum atomic E-state index is 14.3. The second-order valence-electron chi connectivity index (χ2n) is 11.4. The highest BCUT2D eigenvalue weighted by Gasteiger charge is 2.68. The minimum Gasteiger partial charge on any atom is -0.457 e. The third-order valence-electron chi connectivity index (χ3n) is 8.88. The molecule has 6 nitrogen and oxygen atoms in total. The summed E-state index contributed by atoms with van der Waals surface area (Å²) < 4.78 is 11.9. The van der Waals surface area contributed by atoms with Crippen molar-refractivity contribution in [3.63, 3.8) is 0 Å². The molecule has 1 aliphatic heterocycles. The van der Waals surface area contributed by atoms with E-state index in [2.05, 4.69) is 37.0 Å². The Balaban J connectivity index is 1.93. The number of carbonyl (C=O) groups is 2. The summed E-state index contributed by atoms with van der Waals surface area (Å²) in [7, 11) is 1.67. The molecule has 4 rings (SSSR count). The number of allylic oxidation sites excluding steroid dienone is 1. The number of carbonyl (C=O) groups excluding carboxylic acids is 2. The van der Waals surface area contributed by atoms with Gasteiger partial charge in [-0.3, -0.25) is 9.59 Å². The number of hydrogen-bond acceptors (Lipinski definition) is 5. The molecule has 1 amide bonds. The zero-order valence-corrected chi connectivity index (χ0v) is 22.6. The van der Waals surface area contributed by atoms with E-state index in [9.17, 15) is 14.7 Å². The molecule has 1 spiro atoms. The van der Waals surface area contributed by atoms with Crippen molar-refractivity contribution >= 4 is 11.9 Å². The summed E-state index contributed by atoms with van der Waals surface area (Å²) in [5.74, 6) is -1.42. The highest BCUT2D eigenvalue weighted by atomic mass is 16.5. The summed E-state index contributed by atoms with van der Waals surface area (Å²) in [6.45, 7) is 11.8. The van der Waals surface area contributed by atoms with Crippen LogP contribution < -0.4 is 5.32 Å². The van der Waals surface area contributed by atoms with E-state index >= 15 is 0 Å². The Morgan fingerprint density at radius 3 is 2.57 bits per heavy atom. The Morgan fingerprint density at radius 2 is 1.92 bits per heavy atom. The Kier molecular flexibility index (Phi) is 7.82. The lowest BCUT2D eigenvalue weighted by Crippen LogP contribution is -2.60. The summed E-state index contributed by atoms with van der Waals surface area (Å²) in [6, 6.07) is 9.85. The average molecular weight is 508 g/mol. The quantitative estimate of drug-likeness (QED) is 0.466. The minimum atomic E-state index is -1.21. The van der Waals surface area contributed by atoms with Crippen LogP contribution in [-0.2, 0) is 25.5 Å². The number of methoxy groups -OCH3 is 1. The molecule has 1 saturated carbocycles. The molecule has 0 radical (unpaired) electrons. The number of ether oxygens (including phenoxy) is 2. The van der Waals surface area contributed by atoms with Crippen molar-refractivity contribution in [1.29, 1.82) is 0 Å². The predicted molar refractivity (Wildman–Crippen MR) is 143 cm³/mol. The first kappa shape index (κ1) is 27.3. The lowest BCUT2D eigenvalue weighted by Gasteiger charge is -2.52. The molecule has 1 aromatic carbocycles. The predicted octanol–water partition coefficient (Wildman–Crippen LogP) is 4.39. The molecule has 9 atom stereocenters. The van der Waals surface area contributed by atoms with Gasteiger partial charge < -0.3 is 19.9 Å². The fourth-order valence-electron chi connectivity index (χ4n) is 7.03. The first-order valence-electron chi connectivity index (χ1n) is 13.3. The Labute approximate surface area is 220 Å². The molecule has 0 aromatic heterocycles. The van der Waals surface area contributed by atoms with Crippen LogP contribution in [-0.4, -0.2) is 47.9 Å². The smallest absolute Gasteiger partial charge is 0.303 e. The van der Waals surface area contributed by atoms with Gasteiger partial charge in [-0.05, 0) is 55.2 Å². The first-order chi connectivity index (χ1) is 17.5. The summed E-state index contributed by atoms with van der Waals surface area (Å²) in [5, 5.41) is 14.8. The van der Waals surface area contributed by atoms with Gasteiger partial charge in [-0.1, -0.05) is 69.0 Å². The minimum absolute atomic E-state index is 0.184. The highest BCUT2D eigenvalue weighted by molar-refractivity contribution is 5.89. The van der Waals surface area contributed by atoms with Gasteiger partial charge in [0.25, 0.3) is 0 Å². The van der Waals surface area contributed by atoms with Crippen LogP contribution in [0.5, 0.6) is 0 Å². The van der Waals surface area contributed by atoms with Crippen molar-refractivity contribution in [1.82, 2.24) is 5.32 Å². The van der Waals surface area contributed by atoms with E-state index in [0.29, 0.717) is 17.9 Å². The molecule has 37 heavy (non-hydrogen) atoms. The maximum absolute atomic E-state index is 14.3. The molecule has 6 heteroatoms. The van der Waals surface area contributed by atoms with Gasteiger partial charge in [-0.25, -0.2) is 0 Å². The zero-order valence-electron chi connectivity index (χ0n) is 22.6. The molecule has 1 aromatic rings. The molecule has 2 fully saturated rings. The van der Waals surface area contributed by atoms with Gasteiger partial charge in [0, 0.05) is 31.9 Å². The second-order valence-corrected chi connectivity index (χ2v) is 11.4. The van der Waals surface area contributed by atoms with Crippen LogP contribution in [0.4, 0.5) is 0 Å². The topological polar surface area (TPSA) is 84.9 Å². The van der Waals surface area contributed by atoms with Gasteiger partial charge in [0.05, 0.1) is 11.7 Å². The Hall–Kier alpha value is -2.70. The lowest BCUT2D eigenvalue weighted by atomic mass is 9.51. The van der Waals surface area contributed by atoms with Gasteiger partial charge in [0.15, 0.2) is 0 Å². The second kappa shape index (κ2) is 10.6. The number of esters is 1. The fraction of sp³-hybridized carbons (Fsp3) is 0.548. The van der Waals surface area contributed by atoms with E-state index in [0.717, 1.165) is 18.4 Å². The molecule has 1 saturated heterocycles. The Bertz CT molecular complexity index is 1080. The van der Waals surface area contributed by atoms with Gasteiger partial charge in [0.1, 0.15) is 11.5 Å². The van der Waals surface area contributed by atoms with Crippen LogP contribution in [0, 0.1) is 29.1 Å². The van der Waals surface area contributed by atoms with E-state index < -0.39 is 35.1 Å². The van der Waals surface area contributed by atoms with E-state index in [1.54, 1.807) is 7.11 Å². The van der Waals surface area contributed by atoms with Crippen LogP contribution >= 0.6 is 0 Å². The molecule has 3 aliphatic rings. The summed E-state index contributed by atoms with van der Waals surface area (Å²) in [6.07, 6.45) is 8.11. The molecular weight excluding hydrogens is 466 g/mol. The van der Waals surface area contributed by atoms with E-state index in [4.69, 9.17) is 9.47 Å². The van der Waals surface area contributed by atoms with E-state index in [1.165, 1.54) is 6.92 Å². The van der Waals surface area contributed by atoms with Crippen molar-refractivity contribution < 1.29 is 24.2 Å². The number of hydrogen-bond donors (Lipinski definition) is 2. The fourth-order valence-corrected chi connectivity index (χ4v) is 7.03. The zero-order chi connectivity index (χ0) is 27.0. The molecule has 2 aliphatic carbocycles. The van der Waals surface area contributed by atoms with Crippen molar-refractivity contribution in [2.75, 3.05) is 7.11 Å². The van der Waals surface area contributed by atoms with E-state index in [-0.39, 0.29) is 23.8 Å². The van der Waals surface area contributed by atoms with Gasteiger partial charge in [-0.2, -0.15) is 0 Å². The van der Waals surface area contributed by atoms with Crippen LogP contribution in [0.1, 0.15) is 46.1 Å². The van der Waals surface area contributed by atoms with Crippen LogP contribution in [0.15, 0.2) is 66.8 Å². The van der Waals surface area contributed by atoms with Gasteiger partial charge >= 0.3 is 5.97 Å². The summed E-state index contributed by atoms with van der Waals surface area (Å²) in [5.41, 5.74) is 0.0110. The number of nitrogens with one attached hydrogen (secondary N) is 1. The number of benzene rings is 1. The average Bonchev–Trinajstić information content (AvgIpc) is 3.13. The SMILES string of the molecule is C=C1[C@@H](C)[C@H]2[C@H](Cc3ccccc3)NC(=O)[C@]23[C@H](OC(C)=O)/C=C/[C@](C)(OC)C[C@@H](C)C/C=C/[C@H]3[C@@H]1O. The van der Waals surface area contributed by atoms with Crippen LogP contribution in [0.2, 0.25) is 0 Å². The van der Waals surface area contributed by atoms with Crippen molar-refractivity contribution in [3.05, 3.63) is 72.4 Å². The molecule has 0 unspecified atom stereocenters. The molecule has 2 N–H and O–H groups in total. The summed E-state index contributed by atoms with van der Waals surface area (Å²) >= 11 is 0. The first-order valence-corrected chi connectivity index (χ1v) is 13.3. The number of amides is 1. The van der Waals surface area contributed by atoms with Gasteiger partial charge in [0.2, 0.25) is 5.91 Å². The third-order valence-corrected chi connectivity index (χ3v) is 8.88. The highest BCUT2D eigenvalue weighted by Crippen LogP contribution is 2.58. The Morgan fingerprint density at radius 1 is 1.22 bits per heavy atom. The number of aliphatic hydroxyl groups excluding tert-OH is 1. The molecule has 200 valence electrons. The normalized spacial score (nSPS) is 41.5. The van der Waals surface area contributed by atoms with Crippen molar-refractivity contribution in [3.8, 4) is 0 Å². The number of aliphatic hydroxyl groups is 1. The third kappa shape index (κ3) is 4.94. The molecular formula is C31H41NO5. The molecule has 0 bridgehead atoms. The van der Waals surface area contributed by atoms with E-state index in [1.807, 2.05) is 50.3 Å². The van der Waals surface area contributed by atoms with Crippen LogP contribution in [0.3, 0.4) is 0 Å².